The van der Waals surface area contributed by atoms with Crippen molar-refractivity contribution in [3.8, 4) is 11.8 Å². The molecule has 16 heavy (non-hydrogen) atoms. The molecule has 0 aliphatic rings. The fourth-order valence-electron chi connectivity index (χ4n) is 0.938. The Balaban J connectivity index is 3.21. The fourth-order valence-corrected chi connectivity index (χ4v) is 1.15. The molecule has 8 heteroatoms. The van der Waals surface area contributed by atoms with E-state index in [0.29, 0.717) is 0 Å². The molecule has 86 valence electrons. The zero-order valence-corrected chi connectivity index (χ0v) is 8.43. The topological polar surface area (TPSA) is 71.9 Å². The third kappa shape index (κ3) is 2.90. The summed E-state index contributed by atoms with van der Waals surface area (Å²) >= 11 is 5.43. The number of pyridine rings is 1. The maximum atomic E-state index is 12.0. The van der Waals surface area contributed by atoms with Crippen LogP contribution in [0.3, 0.4) is 0 Å². The van der Waals surface area contributed by atoms with Gasteiger partial charge < -0.3 is 10.5 Å². The molecule has 1 heterocycles. The van der Waals surface area contributed by atoms with E-state index in [-0.39, 0.29) is 17.3 Å². The van der Waals surface area contributed by atoms with Crippen LogP contribution in [0.1, 0.15) is 11.3 Å². The number of hydrogen-bond donors (Lipinski definition) is 1. The summed E-state index contributed by atoms with van der Waals surface area (Å²) in [7, 11) is 0. The number of nitrogens with two attached hydrogens (primary N) is 1. The number of nitrogens with zero attached hydrogens (tertiary/aromatic N) is 2. The van der Waals surface area contributed by atoms with Gasteiger partial charge in [0.05, 0.1) is 5.88 Å². The fraction of sp³-hybridized carbons (Fsp3) is 0.250. The van der Waals surface area contributed by atoms with Gasteiger partial charge >= 0.3 is 6.36 Å². The highest BCUT2D eigenvalue weighted by Crippen LogP contribution is 2.28. The molecule has 0 aliphatic carbocycles. The Morgan fingerprint density at radius 1 is 1.56 bits per heavy atom. The van der Waals surface area contributed by atoms with Crippen molar-refractivity contribution in [2.75, 3.05) is 5.73 Å². The molecule has 0 aromatic carbocycles. The van der Waals surface area contributed by atoms with Gasteiger partial charge in [-0.1, -0.05) is 0 Å². The van der Waals surface area contributed by atoms with Gasteiger partial charge in [-0.05, 0) is 6.07 Å². The van der Waals surface area contributed by atoms with E-state index in [4.69, 9.17) is 22.6 Å². The average Bonchev–Trinajstić information content (AvgIpc) is 2.18. The molecule has 0 saturated heterocycles. The van der Waals surface area contributed by atoms with Crippen LogP contribution in [-0.4, -0.2) is 11.3 Å². The van der Waals surface area contributed by atoms with Crippen LogP contribution < -0.4 is 10.5 Å². The van der Waals surface area contributed by atoms with Crippen LogP contribution in [0.4, 0.5) is 19.0 Å². The smallest absolute Gasteiger partial charge is 0.403 e. The number of rotatable bonds is 2. The third-order valence-electron chi connectivity index (χ3n) is 1.58. The zero-order chi connectivity index (χ0) is 12.3. The van der Waals surface area contributed by atoms with Gasteiger partial charge in [0.2, 0.25) is 0 Å². The molecule has 4 nitrogen and oxygen atoms in total. The van der Waals surface area contributed by atoms with Gasteiger partial charge in [-0.2, -0.15) is 5.26 Å². The molecule has 0 fully saturated rings. The minimum absolute atomic E-state index is 0.0962. The van der Waals surface area contributed by atoms with Gasteiger partial charge in [0.1, 0.15) is 11.9 Å². The van der Waals surface area contributed by atoms with E-state index in [2.05, 4.69) is 9.72 Å². The van der Waals surface area contributed by atoms with Gasteiger partial charge in [-0.3, -0.25) is 0 Å². The lowest BCUT2D eigenvalue weighted by atomic mass is 10.2. The summed E-state index contributed by atoms with van der Waals surface area (Å²) in [5.74, 6) is -0.931. The van der Waals surface area contributed by atoms with Crippen LogP contribution >= 0.6 is 11.6 Å². The van der Waals surface area contributed by atoms with Crippen LogP contribution in [-0.2, 0) is 5.88 Å². The molecule has 0 radical (unpaired) electrons. The minimum atomic E-state index is -4.90. The summed E-state index contributed by atoms with van der Waals surface area (Å²) in [6, 6.07) is 2.40. The lowest BCUT2D eigenvalue weighted by Gasteiger charge is -2.11. The quantitative estimate of drug-likeness (QED) is 0.818. The zero-order valence-electron chi connectivity index (χ0n) is 7.68. The van der Waals surface area contributed by atoms with Gasteiger partial charge in [0, 0.05) is 5.56 Å². The first kappa shape index (κ1) is 12.4. The average molecular weight is 252 g/mol. The molecule has 0 atom stereocenters. The first-order valence-corrected chi connectivity index (χ1v) is 4.42. The predicted octanol–water partition coefficient (Wildman–Crippen LogP) is 2.17. The normalized spacial score (nSPS) is 10.9. The number of nitriles is 1. The van der Waals surface area contributed by atoms with Crippen molar-refractivity contribution in [1.29, 1.82) is 5.26 Å². The van der Waals surface area contributed by atoms with Crippen molar-refractivity contribution in [2.45, 2.75) is 12.2 Å². The number of ether oxygens (including phenoxy) is 1. The highest BCUT2D eigenvalue weighted by molar-refractivity contribution is 6.17. The van der Waals surface area contributed by atoms with E-state index < -0.39 is 17.8 Å². The molecule has 0 bridgehead atoms. The Bertz CT molecular complexity index is 441. The van der Waals surface area contributed by atoms with Crippen LogP contribution in [0.2, 0.25) is 0 Å². The third-order valence-corrected chi connectivity index (χ3v) is 1.86. The number of halogens is 4. The van der Waals surface area contributed by atoms with E-state index in [0.717, 1.165) is 6.07 Å². The van der Waals surface area contributed by atoms with E-state index in [9.17, 15) is 13.2 Å². The monoisotopic (exact) mass is 251 g/mol. The second-order valence-electron chi connectivity index (χ2n) is 2.67. The Kier molecular flexibility index (Phi) is 3.44. The highest BCUT2D eigenvalue weighted by Gasteiger charge is 2.32. The molecule has 0 aliphatic heterocycles. The van der Waals surface area contributed by atoms with Gasteiger partial charge in [0.15, 0.2) is 11.4 Å². The standard InChI is InChI=1S/C8H5ClF3N3O/c9-2-4-1-6(16-8(10,11)12)5(3-13)15-7(4)14/h1H,2H2,(H2,14,15). The Morgan fingerprint density at radius 3 is 2.62 bits per heavy atom. The van der Waals surface area contributed by atoms with Crippen molar-refractivity contribution in [2.24, 2.45) is 0 Å². The van der Waals surface area contributed by atoms with Crippen molar-refractivity contribution in [3.63, 3.8) is 0 Å². The second-order valence-corrected chi connectivity index (χ2v) is 2.94. The molecule has 1 aromatic rings. The first-order chi connectivity index (χ1) is 7.37. The Labute approximate surface area is 93.4 Å². The number of aromatic nitrogens is 1. The molecule has 0 amide bonds. The van der Waals surface area contributed by atoms with Crippen LogP contribution in [0.5, 0.6) is 5.75 Å². The van der Waals surface area contributed by atoms with Crippen molar-refractivity contribution in [3.05, 3.63) is 17.3 Å². The number of anilines is 1. The number of nitrogen functional groups attached to an aromatic ring is 1. The summed E-state index contributed by atoms with van der Waals surface area (Å²) in [6.45, 7) is 0. The first-order valence-electron chi connectivity index (χ1n) is 3.88. The van der Waals surface area contributed by atoms with Crippen molar-refractivity contribution < 1.29 is 17.9 Å². The predicted molar refractivity (Wildman–Crippen MR) is 49.6 cm³/mol. The Hall–Kier alpha value is -1.68. The summed E-state index contributed by atoms with van der Waals surface area (Å²) in [6.07, 6.45) is -4.90. The summed E-state index contributed by atoms with van der Waals surface area (Å²) < 4.78 is 39.5. The van der Waals surface area contributed by atoms with Crippen molar-refractivity contribution in [1.82, 2.24) is 4.98 Å². The van der Waals surface area contributed by atoms with Crippen LogP contribution in [0.25, 0.3) is 0 Å². The largest absolute Gasteiger partial charge is 0.573 e. The molecule has 0 unspecified atom stereocenters. The molecule has 0 spiro atoms. The molecule has 1 rings (SSSR count). The summed E-state index contributed by atoms with van der Waals surface area (Å²) in [4.78, 5) is 3.45. The Morgan fingerprint density at radius 2 is 2.19 bits per heavy atom. The molecule has 1 aromatic heterocycles. The van der Waals surface area contributed by atoms with Gasteiger partial charge in [-0.15, -0.1) is 24.8 Å². The number of hydrogen-bond acceptors (Lipinski definition) is 4. The number of alkyl halides is 4. The maximum absolute atomic E-state index is 12.0. The van der Waals surface area contributed by atoms with E-state index in [1.807, 2.05) is 0 Å². The van der Waals surface area contributed by atoms with E-state index >= 15 is 0 Å². The maximum Gasteiger partial charge on any atom is 0.573 e. The van der Waals surface area contributed by atoms with Gasteiger partial charge in [-0.25, -0.2) is 4.98 Å². The SMILES string of the molecule is N#Cc1nc(N)c(CCl)cc1OC(F)(F)F. The highest BCUT2D eigenvalue weighted by atomic mass is 35.5. The molecular weight excluding hydrogens is 247 g/mol. The lowest BCUT2D eigenvalue weighted by molar-refractivity contribution is -0.274. The summed E-state index contributed by atoms with van der Waals surface area (Å²) in [5, 5.41) is 8.55. The summed E-state index contributed by atoms with van der Waals surface area (Å²) in [5.41, 5.74) is 4.98. The second kappa shape index (κ2) is 4.45. The van der Waals surface area contributed by atoms with Crippen LogP contribution in [0, 0.1) is 11.3 Å². The minimum Gasteiger partial charge on any atom is -0.403 e. The molecule has 2 N–H and O–H groups in total. The van der Waals surface area contributed by atoms with Crippen LogP contribution in [0.15, 0.2) is 6.07 Å². The van der Waals surface area contributed by atoms with E-state index in [1.165, 1.54) is 6.07 Å². The van der Waals surface area contributed by atoms with E-state index in [1.54, 1.807) is 0 Å². The van der Waals surface area contributed by atoms with Crippen molar-refractivity contribution >= 4 is 17.4 Å². The van der Waals surface area contributed by atoms with Gasteiger partial charge in [0.25, 0.3) is 0 Å². The molecular formula is C8H5ClF3N3O. The lowest BCUT2D eigenvalue weighted by Crippen LogP contribution is -2.18. The molecule has 0 saturated carbocycles.